The monoisotopic (exact) mass is 249 g/mol. The Balaban J connectivity index is 2.22. The van der Waals surface area contributed by atoms with Crippen LogP contribution in [-0.2, 0) is 7.05 Å². The first-order valence-electron chi connectivity index (χ1n) is 5.88. The van der Waals surface area contributed by atoms with Crippen molar-refractivity contribution in [3.8, 4) is 0 Å². The molecule has 0 radical (unpaired) electrons. The van der Waals surface area contributed by atoms with Gasteiger partial charge >= 0.3 is 0 Å². The minimum Gasteiger partial charge on any atom is -0.374 e. The number of anilines is 1. The largest absolute Gasteiger partial charge is 0.374 e. The van der Waals surface area contributed by atoms with Crippen LogP contribution in [0.1, 0.15) is 30.5 Å². The molecule has 0 saturated carbocycles. The van der Waals surface area contributed by atoms with Crippen LogP contribution in [0.25, 0.3) is 0 Å². The predicted octanol–water partition coefficient (Wildman–Crippen LogP) is 3.60. The van der Waals surface area contributed by atoms with E-state index in [4.69, 9.17) is 0 Å². The molecule has 1 unspecified atom stereocenters. The third-order valence-corrected chi connectivity index (χ3v) is 3.80. The molecule has 92 valence electrons. The lowest BCUT2D eigenvalue weighted by Crippen LogP contribution is -2.15. The maximum absolute atomic E-state index is 4.36. The molecule has 0 amide bonds. The smallest absolute Gasteiger partial charge is 0.0825 e. The van der Waals surface area contributed by atoms with Crippen molar-refractivity contribution in [2.24, 2.45) is 13.0 Å². The first-order chi connectivity index (χ1) is 8.08. The number of rotatable bonds is 4. The van der Waals surface area contributed by atoms with E-state index in [1.165, 1.54) is 4.88 Å². The SMILES string of the molecule is Cc1nn(C)cc1NC(c1cccs1)C(C)C. The Bertz CT molecular complexity index is 471. The molecule has 0 aliphatic heterocycles. The van der Waals surface area contributed by atoms with E-state index in [0.29, 0.717) is 12.0 Å². The molecule has 0 fully saturated rings. The van der Waals surface area contributed by atoms with Gasteiger partial charge < -0.3 is 5.32 Å². The van der Waals surface area contributed by atoms with Gasteiger partial charge in [-0.25, -0.2) is 0 Å². The first kappa shape index (κ1) is 12.2. The third kappa shape index (κ3) is 2.69. The Morgan fingerprint density at radius 3 is 2.65 bits per heavy atom. The number of hydrogen-bond donors (Lipinski definition) is 1. The molecular formula is C13H19N3S. The average Bonchev–Trinajstić information content (AvgIpc) is 2.84. The Morgan fingerprint density at radius 1 is 1.41 bits per heavy atom. The van der Waals surface area contributed by atoms with Crippen LogP contribution >= 0.6 is 11.3 Å². The van der Waals surface area contributed by atoms with Gasteiger partial charge in [0.2, 0.25) is 0 Å². The number of aromatic nitrogens is 2. The van der Waals surface area contributed by atoms with Gasteiger partial charge in [0.05, 0.1) is 17.4 Å². The van der Waals surface area contributed by atoms with Gasteiger partial charge in [-0.1, -0.05) is 19.9 Å². The highest BCUT2D eigenvalue weighted by molar-refractivity contribution is 7.10. The van der Waals surface area contributed by atoms with Crippen LogP contribution < -0.4 is 5.32 Å². The summed E-state index contributed by atoms with van der Waals surface area (Å²) >= 11 is 1.80. The summed E-state index contributed by atoms with van der Waals surface area (Å²) in [5, 5.41) is 10.1. The van der Waals surface area contributed by atoms with Crippen molar-refractivity contribution in [3.63, 3.8) is 0 Å². The van der Waals surface area contributed by atoms with E-state index in [2.05, 4.69) is 41.8 Å². The quantitative estimate of drug-likeness (QED) is 0.897. The van der Waals surface area contributed by atoms with E-state index >= 15 is 0 Å². The lowest BCUT2D eigenvalue weighted by molar-refractivity contribution is 0.553. The fourth-order valence-electron chi connectivity index (χ4n) is 1.94. The van der Waals surface area contributed by atoms with Crippen molar-refractivity contribution in [3.05, 3.63) is 34.3 Å². The van der Waals surface area contributed by atoms with Crippen molar-refractivity contribution in [2.45, 2.75) is 26.8 Å². The predicted molar refractivity (Wildman–Crippen MR) is 73.5 cm³/mol. The molecule has 1 N–H and O–H groups in total. The molecule has 3 nitrogen and oxygen atoms in total. The van der Waals surface area contributed by atoms with Crippen molar-refractivity contribution in [1.29, 1.82) is 0 Å². The zero-order chi connectivity index (χ0) is 12.4. The van der Waals surface area contributed by atoms with Gasteiger partial charge in [0.15, 0.2) is 0 Å². The highest BCUT2D eigenvalue weighted by Gasteiger charge is 2.18. The standard InChI is InChI=1S/C13H19N3S/c1-9(2)13(12-6-5-7-17-12)14-11-8-16(4)15-10(11)3/h5-9,13-14H,1-4H3. The molecule has 2 aromatic heterocycles. The Morgan fingerprint density at radius 2 is 2.18 bits per heavy atom. The summed E-state index contributed by atoms with van der Waals surface area (Å²) in [6.45, 7) is 6.51. The van der Waals surface area contributed by atoms with Gasteiger partial charge in [0, 0.05) is 18.1 Å². The Labute approximate surface area is 106 Å². The van der Waals surface area contributed by atoms with Crippen molar-refractivity contribution in [2.75, 3.05) is 5.32 Å². The van der Waals surface area contributed by atoms with Gasteiger partial charge in [0.1, 0.15) is 0 Å². The number of hydrogen-bond acceptors (Lipinski definition) is 3. The average molecular weight is 249 g/mol. The van der Waals surface area contributed by atoms with Crippen LogP contribution in [0.3, 0.4) is 0 Å². The second kappa shape index (κ2) is 4.92. The van der Waals surface area contributed by atoms with E-state index in [0.717, 1.165) is 11.4 Å². The molecule has 0 saturated heterocycles. The van der Waals surface area contributed by atoms with Crippen molar-refractivity contribution < 1.29 is 0 Å². The summed E-state index contributed by atoms with van der Waals surface area (Å²) < 4.78 is 1.85. The third-order valence-electron chi connectivity index (χ3n) is 2.84. The molecule has 2 rings (SSSR count). The first-order valence-corrected chi connectivity index (χ1v) is 6.76. The van der Waals surface area contributed by atoms with Crippen LogP contribution in [0.4, 0.5) is 5.69 Å². The van der Waals surface area contributed by atoms with Crippen LogP contribution in [0.2, 0.25) is 0 Å². The molecule has 0 aromatic carbocycles. The zero-order valence-corrected chi connectivity index (χ0v) is 11.6. The fraction of sp³-hybridized carbons (Fsp3) is 0.462. The zero-order valence-electron chi connectivity index (χ0n) is 10.8. The lowest BCUT2D eigenvalue weighted by atomic mass is 10.0. The van der Waals surface area contributed by atoms with Gasteiger partial charge in [-0.15, -0.1) is 11.3 Å². The number of nitrogens with one attached hydrogen (secondary N) is 1. The highest BCUT2D eigenvalue weighted by atomic mass is 32.1. The van der Waals surface area contributed by atoms with Crippen LogP contribution in [-0.4, -0.2) is 9.78 Å². The fourth-order valence-corrected chi connectivity index (χ4v) is 2.89. The molecule has 0 aliphatic rings. The Hall–Kier alpha value is -1.29. The molecule has 0 aliphatic carbocycles. The molecule has 0 bridgehead atoms. The minimum atomic E-state index is 0.359. The van der Waals surface area contributed by atoms with Gasteiger partial charge in [-0.05, 0) is 24.3 Å². The van der Waals surface area contributed by atoms with Crippen LogP contribution in [0.15, 0.2) is 23.7 Å². The summed E-state index contributed by atoms with van der Waals surface area (Å²) in [6, 6.07) is 4.65. The summed E-state index contributed by atoms with van der Waals surface area (Å²) in [6.07, 6.45) is 2.04. The van der Waals surface area contributed by atoms with Gasteiger partial charge in [-0.3, -0.25) is 4.68 Å². The molecular weight excluding hydrogens is 230 g/mol. The molecule has 2 aromatic rings. The second-order valence-electron chi connectivity index (χ2n) is 4.68. The minimum absolute atomic E-state index is 0.359. The second-order valence-corrected chi connectivity index (χ2v) is 5.66. The Kier molecular flexibility index (Phi) is 3.52. The highest BCUT2D eigenvalue weighted by Crippen LogP contribution is 2.30. The number of thiophene rings is 1. The summed E-state index contributed by atoms with van der Waals surface area (Å²) in [7, 11) is 1.95. The van der Waals surface area contributed by atoms with Crippen molar-refractivity contribution in [1.82, 2.24) is 9.78 Å². The normalized spacial score (nSPS) is 13.0. The topological polar surface area (TPSA) is 29.9 Å². The molecule has 17 heavy (non-hydrogen) atoms. The molecule has 4 heteroatoms. The maximum Gasteiger partial charge on any atom is 0.0825 e. The van der Waals surface area contributed by atoms with E-state index < -0.39 is 0 Å². The summed E-state index contributed by atoms with van der Waals surface area (Å²) in [5.41, 5.74) is 2.18. The summed E-state index contributed by atoms with van der Waals surface area (Å²) in [5.74, 6) is 0.549. The van der Waals surface area contributed by atoms with E-state index in [1.54, 1.807) is 11.3 Å². The van der Waals surface area contributed by atoms with Gasteiger partial charge in [-0.2, -0.15) is 5.10 Å². The van der Waals surface area contributed by atoms with Crippen LogP contribution in [0.5, 0.6) is 0 Å². The van der Waals surface area contributed by atoms with E-state index in [1.807, 2.05) is 24.9 Å². The molecule has 2 heterocycles. The van der Waals surface area contributed by atoms with E-state index in [9.17, 15) is 0 Å². The number of nitrogens with zero attached hydrogens (tertiary/aromatic N) is 2. The molecule has 0 spiro atoms. The van der Waals surface area contributed by atoms with Crippen LogP contribution in [0, 0.1) is 12.8 Å². The van der Waals surface area contributed by atoms with Gasteiger partial charge in [0.25, 0.3) is 0 Å². The number of aryl methyl sites for hydroxylation is 2. The lowest BCUT2D eigenvalue weighted by Gasteiger charge is -2.21. The molecule has 1 atom stereocenters. The summed E-state index contributed by atoms with van der Waals surface area (Å²) in [4.78, 5) is 1.38. The maximum atomic E-state index is 4.36. The van der Waals surface area contributed by atoms with Crippen molar-refractivity contribution >= 4 is 17.0 Å². The van der Waals surface area contributed by atoms with E-state index in [-0.39, 0.29) is 0 Å².